The van der Waals surface area contributed by atoms with Gasteiger partial charge in [0.15, 0.2) is 0 Å². The van der Waals surface area contributed by atoms with Crippen molar-refractivity contribution < 1.29 is 0 Å². The molecule has 0 atom stereocenters. The highest BCUT2D eigenvalue weighted by molar-refractivity contribution is 4.74. The zero-order valence-corrected chi connectivity index (χ0v) is 9.29. The molecule has 0 amide bonds. The fraction of sp³-hybridized carbons (Fsp3) is 0.455. The molecule has 0 bridgehead atoms. The van der Waals surface area contributed by atoms with Crippen LogP contribution in [0.4, 0.5) is 0 Å². The minimum absolute atomic E-state index is 1.50. The molecule has 2 aromatic heterocycles. The molecule has 1 N–H and O–H groups in total. The normalized spacial score (nSPS) is 13.0. The van der Waals surface area contributed by atoms with E-state index in [4.69, 9.17) is 0 Å². The fourth-order valence-electron chi connectivity index (χ4n) is 1.30. The lowest BCUT2D eigenvalue weighted by Crippen LogP contribution is -1.66. The first kappa shape index (κ1) is 12.3. The fourth-order valence-corrected chi connectivity index (χ4v) is 1.30. The molecule has 0 aliphatic heterocycles. The standard InChI is InChI=1S/C5H10.C4H4N2.C2H3N3/c1-2-4-5-3-1;1-2-5-4-6-3-1;1-2-4-5-3-1/h1-5H2;1-4H;1-2H,(H,3,4,5). The monoisotopic (exact) mass is 219 g/mol. The van der Waals surface area contributed by atoms with Gasteiger partial charge in [-0.05, 0) is 6.07 Å². The van der Waals surface area contributed by atoms with E-state index in [1.165, 1.54) is 38.4 Å². The van der Waals surface area contributed by atoms with Gasteiger partial charge in [-0.2, -0.15) is 0 Å². The van der Waals surface area contributed by atoms with E-state index >= 15 is 0 Å². The third-order valence-electron chi connectivity index (χ3n) is 2.06. The maximum Gasteiger partial charge on any atom is 0.115 e. The van der Waals surface area contributed by atoms with E-state index in [1.54, 1.807) is 30.9 Å². The minimum atomic E-state index is 1.50. The Morgan fingerprint density at radius 1 is 0.812 bits per heavy atom. The Bertz CT molecular complexity index is 253. The van der Waals surface area contributed by atoms with Crippen LogP contribution in [-0.4, -0.2) is 25.4 Å². The van der Waals surface area contributed by atoms with Crippen LogP contribution in [-0.2, 0) is 0 Å². The average molecular weight is 219 g/mol. The van der Waals surface area contributed by atoms with Gasteiger partial charge in [-0.3, -0.25) is 5.10 Å². The van der Waals surface area contributed by atoms with Crippen molar-refractivity contribution in [3.05, 3.63) is 37.2 Å². The number of H-pyrrole nitrogens is 1. The SMILES string of the molecule is C1CCCC1.c1c[nH]nn1.c1cncnc1. The van der Waals surface area contributed by atoms with Crippen molar-refractivity contribution in [3.63, 3.8) is 0 Å². The van der Waals surface area contributed by atoms with Crippen LogP contribution in [0.15, 0.2) is 37.2 Å². The van der Waals surface area contributed by atoms with Crippen LogP contribution in [0.25, 0.3) is 0 Å². The summed E-state index contributed by atoms with van der Waals surface area (Å²) < 4.78 is 0. The van der Waals surface area contributed by atoms with Gasteiger partial charge in [0, 0.05) is 18.6 Å². The third kappa shape index (κ3) is 7.61. The maximum absolute atomic E-state index is 3.67. The summed E-state index contributed by atoms with van der Waals surface area (Å²) in [6.07, 6.45) is 15.6. The molecule has 1 saturated carbocycles. The van der Waals surface area contributed by atoms with Gasteiger partial charge in [0.25, 0.3) is 0 Å². The molecule has 16 heavy (non-hydrogen) atoms. The summed E-state index contributed by atoms with van der Waals surface area (Å²) in [5, 5.41) is 9.26. The second-order valence-electron chi connectivity index (χ2n) is 3.33. The molecule has 0 saturated heterocycles. The lowest BCUT2D eigenvalue weighted by atomic mass is 10.4. The van der Waals surface area contributed by atoms with Crippen LogP contribution in [0.5, 0.6) is 0 Å². The Kier molecular flexibility index (Phi) is 7.50. The van der Waals surface area contributed by atoms with E-state index in [9.17, 15) is 0 Å². The summed E-state index contributed by atoms with van der Waals surface area (Å²) >= 11 is 0. The van der Waals surface area contributed by atoms with Crippen molar-refractivity contribution in [1.82, 2.24) is 25.4 Å². The average Bonchev–Trinajstić information content (AvgIpc) is 3.10. The number of hydrogen-bond acceptors (Lipinski definition) is 4. The van der Waals surface area contributed by atoms with Crippen LogP contribution in [0.3, 0.4) is 0 Å². The molecule has 3 rings (SSSR count). The molecule has 86 valence electrons. The quantitative estimate of drug-likeness (QED) is 0.737. The van der Waals surface area contributed by atoms with Crippen LogP contribution in [0.1, 0.15) is 32.1 Å². The van der Waals surface area contributed by atoms with Crippen molar-refractivity contribution in [2.75, 3.05) is 0 Å². The van der Waals surface area contributed by atoms with E-state index in [1.807, 2.05) is 0 Å². The zero-order valence-electron chi connectivity index (χ0n) is 9.29. The highest BCUT2D eigenvalue weighted by atomic mass is 15.3. The maximum atomic E-state index is 3.67. The van der Waals surface area contributed by atoms with E-state index in [0.29, 0.717) is 0 Å². The highest BCUT2D eigenvalue weighted by Crippen LogP contribution is 2.15. The summed E-state index contributed by atoms with van der Waals surface area (Å²) in [5.41, 5.74) is 0. The van der Waals surface area contributed by atoms with Crippen molar-refractivity contribution in [3.8, 4) is 0 Å². The molecule has 1 aliphatic carbocycles. The van der Waals surface area contributed by atoms with Gasteiger partial charge in [0.05, 0.1) is 6.20 Å². The van der Waals surface area contributed by atoms with Crippen LogP contribution in [0, 0.1) is 0 Å². The molecule has 0 aromatic carbocycles. The number of aromatic amines is 1. The molecule has 1 aliphatic rings. The molecule has 0 unspecified atom stereocenters. The van der Waals surface area contributed by atoms with E-state index < -0.39 is 0 Å². The minimum Gasteiger partial charge on any atom is -0.266 e. The molecule has 1 fully saturated rings. The molecule has 2 heterocycles. The second-order valence-corrected chi connectivity index (χ2v) is 3.33. The predicted molar refractivity (Wildman–Crippen MR) is 61.5 cm³/mol. The van der Waals surface area contributed by atoms with Gasteiger partial charge < -0.3 is 0 Å². The topological polar surface area (TPSA) is 67.3 Å². The van der Waals surface area contributed by atoms with E-state index in [-0.39, 0.29) is 0 Å². The Morgan fingerprint density at radius 2 is 1.44 bits per heavy atom. The molecular weight excluding hydrogens is 202 g/mol. The lowest BCUT2D eigenvalue weighted by Gasteiger charge is -1.70. The van der Waals surface area contributed by atoms with Crippen molar-refractivity contribution in [2.45, 2.75) is 32.1 Å². The Hall–Kier alpha value is -1.78. The van der Waals surface area contributed by atoms with Gasteiger partial charge >= 0.3 is 0 Å². The Balaban J connectivity index is 0.000000121. The second kappa shape index (κ2) is 9.76. The van der Waals surface area contributed by atoms with Gasteiger partial charge in [-0.1, -0.05) is 37.3 Å². The molecular formula is C11H17N5. The third-order valence-corrected chi connectivity index (χ3v) is 2.06. The van der Waals surface area contributed by atoms with Gasteiger partial charge in [-0.15, -0.1) is 5.10 Å². The number of nitrogens with one attached hydrogen (secondary N) is 1. The highest BCUT2D eigenvalue weighted by Gasteiger charge is 1.95. The van der Waals surface area contributed by atoms with Crippen LogP contribution >= 0.6 is 0 Å². The number of nitrogens with zero attached hydrogens (tertiary/aromatic N) is 4. The molecule has 5 heteroatoms. The van der Waals surface area contributed by atoms with Crippen molar-refractivity contribution in [2.24, 2.45) is 0 Å². The summed E-state index contributed by atoms with van der Waals surface area (Å²) in [6, 6.07) is 1.78. The van der Waals surface area contributed by atoms with Gasteiger partial charge in [-0.25, -0.2) is 9.97 Å². The largest absolute Gasteiger partial charge is 0.266 e. The summed E-state index contributed by atoms with van der Waals surface area (Å²) in [7, 11) is 0. The molecule has 0 radical (unpaired) electrons. The summed E-state index contributed by atoms with van der Waals surface area (Å²) in [4.78, 5) is 7.35. The van der Waals surface area contributed by atoms with Crippen molar-refractivity contribution in [1.29, 1.82) is 0 Å². The van der Waals surface area contributed by atoms with Crippen molar-refractivity contribution >= 4 is 0 Å². The van der Waals surface area contributed by atoms with Crippen LogP contribution < -0.4 is 0 Å². The van der Waals surface area contributed by atoms with E-state index in [0.717, 1.165) is 0 Å². The number of aromatic nitrogens is 5. The number of hydrogen-bond donors (Lipinski definition) is 1. The van der Waals surface area contributed by atoms with Crippen LogP contribution in [0.2, 0.25) is 0 Å². The molecule has 5 nitrogen and oxygen atoms in total. The van der Waals surface area contributed by atoms with Gasteiger partial charge in [0.2, 0.25) is 0 Å². The number of rotatable bonds is 0. The Morgan fingerprint density at radius 3 is 1.62 bits per heavy atom. The first-order valence-electron chi connectivity index (χ1n) is 5.50. The smallest absolute Gasteiger partial charge is 0.115 e. The Labute approximate surface area is 95.3 Å². The van der Waals surface area contributed by atoms with Gasteiger partial charge in [0.1, 0.15) is 6.33 Å². The molecule has 0 spiro atoms. The van der Waals surface area contributed by atoms with E-state index in [2.05, 4.69) is 25.4 Å². The first-order chi connectivity index (χ1) is 8.00. The zero-order chi connectivity index (χ0) is 11.3. The summed E-state index contributed by atoms with van der Waals surface area (Å²) in [5.74, 6) is 0. The summed E-state index contributed by atoms with van der Waals surface area (Å²) in [6.45, 7) is 0. The first-order valence-corrected chi connectivity index (χ1v) is 5.50. The predicted octanol–water partition coefficient (Wildman–Crippen LogP) is 2.23. The lowest BCUT2D eigenvalue weighted by molar-refractivity contribution is 0.886. The molecule has 2 aromatic rings.